The quantitative estimate of drug-likeness (QED) is 0.0506. The molecule has 2 unspecified atom stereocenters. The summed E-state index contributed by atoms with van der Waals surface area (Å²) in [5.41, 5.74) is 0. The molecule has 0 amide bonds. The van der Waals surface area contributed by atoms with Crippen LogP contribution in [-0.4, -0.2) is 75.6 Å². The molecule has 8 nitrogen and oxygen atoms in total. The van der Waals surface area contributed by atoms with Crippen LogP contribution in [0, 0.1) is 0 Å². The molecule has 0 rings (SSSR count). The van der Waals surface area contributed by atoms with Crippen molar-refractivity contribution in [2.45, 2.75) is 123 Å². The van der Waals surface area contributed by atoms with Crippen molar-refractivity contribution >= 4 is 13.8 Å². The highest BCUT2D eigenvalue weighted by Gasteiger charge is 2.26. The summed E-state index contributed by atoms with van der Waals surface area (Å²) in [5.74, 6) is -0.321. The molecular formula is C28H59NO7P+. The fourth-order valence-corrected chi connectivity index (χ4v) is 4.53. The van der Waals surface area contributed by atoms with Gasteiger partial charge >= 0.3 is 13.8 Å². The second-order valence-corrected chi connectivity index (χ2v) is 12.6. The van der Waals surface area contributed by atoms with Crippen LogP contribution >= 0.6 is 7.82 Å². The van der Waals surface area contributed by atoms with E-state index in [0.29, 0.717) is 24.1 Å². The fourth-order valence-electron chi connectivity index (χ4n) is 3.78. The minimum Gasteiger partial charge on any atom is -0.457 e. The van der Waals surface area contributed by atoms with E-state index in [2.05, 4.69) is 13.8 Å². The molecule has 37 heavy (non-hydrogen) atoms. The van der Waals surface area contributed by atoms with E-state index < -0.39 is 13.9 Å². The van der Waals surface area contributed by atoms with Crippen LogP contribution < -0.4 is 0 Å². The Bertz CT molecular complexity index is 583. The summed E-state index contributed by atoms with van der Waals surface area (Å²) in [7, 11) is 1.67. The summed E-state index contributed by atoms with van der Waals surface area (Å²) in [6.45, 7) is 5.54. The molecule has 0 saturated carbocycles. The van der Waals surface area contributed by atoms with Crippen molar-refractivity contribution in [3.8, 4) is 0 Å². The van der Waals surface area contributed by atoms with Gasteiger partial charge in [-0.1, -0.05) is 97.3 Å². The van der Waals surface area contributed by atoms with Gasteiger partial charge in [0.15, 0.2) is 0 Å². The maximum absolute atomic E-state index is 12.4. The largest absolute Gasteiger partial charge is 0.472 e. The lowest BCUT2D eigenvalue weighted by molar-refractivity contribution is -0.870. The lowest BCUT2D eigenvalue weighted by Crippen LogP contribution is -2.37. The first-order chi connectivity index (χ1) is 17.6. The molecule has 0 saturated heterocycles. The number of esters is 1. The van der Waals surface area contributed by atoms with Crippen molar-refractivity contribution in [3.63, 3.8) is 0 Å². The molecule has 0 spiro atoms. The molecule has 0 bridgehead atoms. The Labute approximate surface area is 228 Å². The molecule has 0 aromatic carbocycles. The first kappa shape index (κ1) is 36.5. The fraction of sp³-hybridized carbons (Fsp3) is 0.964. The summed E-state index contributed by atoms with van der Waals surface area (Å²) < 4.78 is 34.4. The van der Waals surface area contributed by atoms with Gasteiger partial charge in [-0.25, -0.2) is 4.57 Å². The van der Waals surface area contributed by atoms with E-state index in [9.17, 15) is 14.3 Å². The van der Waals surface area contributed by atoms with E-state index in [1.807, 2.05) is 21.1 Å². The summed E-state index contributed by atoms with van der Waals surface area (Å²) in [6, 6.07) is 0. The Morgan fingerprint density at radius 1 is 0.730 bits per heavy atom. The molecule has 0 aliphatic heterocycles. The number of carbonyl (C=O) groups excluding carboxylic acids is 1. The van der Waals surface area contributed by atoms with Gasteiger partial charge in [-0.3, -0.25) is 13.8 Å². The van der Waals surface area contributed by atoms with E-state index in [1.54, 1.807) is 0 Å². The highest BCUT2D eigenvalue weighted by atomic mass is 31.2. The molecular weight excluding hydrogens is 493 g/mol. The van der Waals surface area contributed by atoms with E-state index in [4.69, 9.17) is 18.5 Å². The standard InChI is InChI=1S/C28H58NO7P/c1-6-8-10-12-14-15-17-19-21-28(30)36-27(25-33-23-20-18-16-13-11-9-7-2)26-35-37(31,32)34-24-22-29(3,4)5/h27H,6-26H2,1-5H3/p+1. The molecule has 0 aliphatic carbocycles. The summed E-state index contributed by atoms with van der Waals surface area (Å²) in [6.07, 6.45) is 17.1. The van der Waals surface area contributed by atoms with Gasteiger partial charge in [0.25, 0.3) is 0 Å². The van der Waals surface area contributed by atoms with Gasteiger partial charge in [-0.2, -0.15) is 0 Å². The molecule has 0 radical (unpaired) electrons. The normalized spacial score (nSPS) is 14.4. The van der Waals surface area contributed by atoms with Crippen LogP contribution in [0.5, 0.6) is 0 Å². The number of phosphoric ester groups is 1. The van der Waals surface area contributed by atoms with Crippen molar-refractivity contribution in [1.82, 2.24) is 0 Å². The molecule has 9 heteroatoms. The van der Waals surface area contributed by atoms with Gasteiger partial charge < -0.3 is 18.9 Å². The van der Waals surface area contributed by atoms with E-state index >= 15 is 0 Å². The molecule has 0 aromatic rings. The minimum absolute atomic E-state index is 0.0922. The number of rotatable bonds is 27. The van der Waals surface area contributed by atoms with Gasteiger partial charge in [0.05, 0.1) is 34.4 Å². The number of carbonyl (C=O) groups is 1. The number of nitrogens with zero attached hydrogens (tertiary/aromatic N) is 1. The van der Waals surface area contributed by atoms with Crippen LogP contribution in [0.15, 0.2) is 0 Å². The Hall–Kier alpha value is -0.500. The van der Waals surface area contributed by atoms with Gasteiger partial charge in [0.2, 0.25) is 0 Å². The van der Waals surface area contributed by atoms with Gasteiger partial charge in [0, 0.05) is 13.0 Å². The number of hydrogen-bond acceptors (Lipinski definition) is 6. The van der Waals surface area contributed by atoms with Crippen LogP contribution in [0.1, 0.15) is 117 Å². The third kappa shape index (κ3) is 26.9. The van der Waals surface area contributed by atoms with Crippen molar-refractivity contribution in [2.75, 3.05) is 54.1 Å². The number of hydrogen-bond donors (Lipinski definition) is 1. The number of ether oxygens (including phenoxy) is 2. The summed E-state index contributed by atoms with van der Waals surface area (Å²) in [5, 5.41) is 0. The Kier molecular flexibility index (Phi) is 23.1. The number of quaternary nitrogens is 1. The van der Waals surface area contributed by atoms with Gasteiger partial charge in [-0.15, -0.1) is 0 Å². The highest BCUT2D eigenvalue weighted by molar-refractivity contribution is 7.47. The second-order valence-electron chi connectivity index (χ2n) is 11.1. The maximum Gasteiger partial charge on any atom is 0.472 e. The molecule has 0 heterocycles. The zero-order chi connectivity index (χ0) is 27.8. The van der Waals surface area contributed by atoms with E-state index in [-0.39, 0.29) is 25.8 Å². The van der Waals surface area contributed by atoms with E-state index in [0.717, 1.165) is 32.1 Å². The number of likely N-dealkylation sites (N-methyl/N-ethyl adjacent to an activating group) is 1. The molecule has 0 fully saturated rings. The predicted molar refractivity (Wildman–Crippen MR) is 151 cm³/mol. The monoisotopic (exact) mass is 552 g/mol. The lowest BCUT2D eigenvalue weighted by atomic mass is 10.1. The average Bonchev–Trinajstić information content (AvgIpc) is 2.82. The van der Waals surface area contributed by atoms with Crippen LogP contribution in [-0.2, 0) is 27.9 Å². The highest BCUT2D eigenvalue weighted by Crippen LogP contribution is 2.43. The van der Waals surface area contributed by atoms with Crippen molar-refractivity contribution in [3.05, 3.63) is 0 Å². The van der Waals surface area contributed by atoms with Gasteiger partial charge in [0.1, 0.15) is 19.3 Å². The SMILES string of the molecule is CCCCCCCCCCC(=O)OC(COCCCCCCCCC)COP(=O)(O)OCC[N+](C)(C)C. The Morgan fingerprint density at radius 3 is 1.78 bits per heavy atom. The third-order valence-corrected chi connectivity index (χ3v) is 7.15. The van der Waals surface area contributed by atoms with Crippen molar-refractivity contribution < 1.29 is 37.3 Å². The smallest absolute Gasteiger partial charge is 0.457 e. The number of phosphoric acid groups is 1. The summed E-state index contributed by atoms with van der Waals surface area (Å²) in [4.78, 5) is 22.4. The minimum atomic E-state index is -4.24. The zero-order valence-corrected chi connectivity index (χ0v) is 25.6. The first-order valence-electron chi connectivity index (χ1n) is 14.8. The predicted octanol–water partition coefficient (Wildman–Crippen LogP) is 7.04. The molecule has 2 atom stereocenters. The Morgan fingerprint density at radius 2 is 1.24 bits per heavy atom. The summed E-state index contributed by atoms with van der Waals surface area (Å²) >= 11 is 0. The van der Waals surface area contributed by atoms with Gasteiger partial charge in [-0.05, 0) is 12.8 Å². The van der Waals surface area contributed by atoms with Crippen molar-refractivity contribution in [1.29, 1.82) is 0 Å². The van der Waals surface area contributed by atoms with Crippen LogP contribution in [0.3, 0.4) is 0 Å². The van der Waals surface area contributed by atoms with Crippen LogP contribution in [0.25, 0.3) is 0 Å². The maximum atomic E-state index is 12.4. The third-order valence-electron chi connectivity index (χ3n) is 6.17. The zero-order valence-electron chi connectivity index (χ0n) is 24.7. The second kappa shape index (κ2) is 23.4. The van der Waals surface area contributed by atoms with Crippen LogP contribution in [0.4, 0.5) is 0 Å². The average molecular weight is 553 g/mol. The topological polar surface area (TPSA) is 91.3 Å². The Balaban J connectivity index is 4.41. The molecule has 0 aromatic heterocycles. The first-order valence-corrected chi connectivity index (χ1v) is 16.3. The lowest BCUT2D eigenvalue weighted by Gasteiger charge is -2.24. The van der Waals surface area contributed by atoms with E-state index in [1.165, 1.54) is 64.2 Å². The molecule has 222 valence electrons. The molecule has 0 aliphatic rings. The van der Waals surface area contributed by atoms with Crippen molar-refractivity contribution in [2.24, 2.45) is 0 Å². The number of unbranched alkanes of at least 4 members (excludes halogenated alkanes) is 13. The molecule has 1 N–H and O–H groups in total. The van der Waals surface area contributed by atoms with Crippen LogP contribution in [0.2, 0.25) is 0 Å².